The molecule has 0 fully saturated rings. The van der Waals surface area contributed by atoms with Gasteiger partial charge in [-0.2, -0.15) is 0 Å². The second kappa shape index (κ2) is 9.08. The van der Waals surface area contributed by atoms with Crippen LogP contribution >= 0.6 is 0 Å². The Labute approximate surface area is 162 Å². The van der Waals surface area contributed by atoms with Crippen LogP contribution in [-0.2, 0) is 9.47 Å². The van der Waals surface area contributed by atoms with Crippen LogP contribution in [0.1, 0.15) is 26.7 Å². The molecule has 3 aromatic carbocycles. The molecule has 6 nitrogen and oxygen atoms in total. The SMILES string of the molecule is CCCOC(=O)Oc1c2ccccc2c(OC(=O)OCCC)c2ccccc12. The average molecular weight is 382 g/mol. The molecule has 0 aromatic heterocycles. The van der Waals surface area contributed by atoms with Crippen LogP contribution in [0, 0.1) is 0 Å². The smallest absolute Gasteiger partial charge is 0.434 e. The summed E-state index contributed by atoms with van der Waals surface area (Å²) < 4.78 is 21.2. The highest BCUT2D eigenvalue weighted by molar-refractivity contribution is 6.12. The van der Waals surface area contributed by atoms with E-state index < -0.39 is 12.3 Å². The van der Waals surface area contributed by atoms with Crippen LogP contribution in [0.4, 0.5) is 9.59 Å². The highest BCUT2D eigenvalue weighted by Gasteiger charge is 2.20. The molecular weight excluding hydrogens is 360 g/mol. The number of rotatable bonds is 6. The predicted octanol–water partition coefficient (Wildman–Crippen LogP) is 5.84. The molecule has 28 heavy (non-hydrogen) atoms. The fraction of sp³-hybridized carbons (Fsp3) is 0.273. The minimum Gasteiger partial charge on any atom is -0.434 e. The Morgan fingerprint density at radius 1 is 0.643 bits per heavy atom. The zero-order valence-corrected chi connectivity index (χ0v) is 15.9. The molecule has 0 aliphatic carbocycles. The van der Waals surface area contributed by atoms with Gasteiger partial charge in [0.15, 0.2) is 0 Å². The molecule has 0 amide bonds. The Kier molecular flexibility index (Phi) is 6.32. The molecule has 0 aliphatic heterocycles. The molecule has 0 saturated heterocycles. The van der Waals surface area contributed by atoms with Crippen LogP contribution in [0.5, 0.6) is 11.5 Å². The molecule has 0 atom stereocenters. The number of ether oxygens (including phenoxy) is 4. The topological polar surface area (TPSA) is 71.1 Å². The zero-order chi connectivity index (χ0) is 19.9. The molecule has 0 heterocycles. The van der Waals surface area contributed by atoms with Crippen molar-refractivity contribution >= 4 is 33.9 Å². The highest BCUT2D eigenvalue weighted by atomic mass is 16.7. The Hall–Kier alpha value is -3.28. The Morgan fingerprint density at radius 3 is 1.25 bits per heavy atom. The van der Waals surface area contributed by atoms with Gasteiger partial charge in [0.1, 0.15) is 11.5 Å². The quantitative estimate of drug-likeness (QED) is 0.303. The predicted molar refractivity (Wildman–Crippen MR) is 106 cm³/mol. The zero-order valence-electron chi connectivity index (χ0n) is 15.9. The molecule has 0 N–H and O–H groups in total. The lowest BCUT2D eigenvalue weighted by atomic mass is 10.0. The van der Waals surface area contributed by atoms with Gasteiger partial charge in [-0.15, -0.1) is 0 Å². The van der Waals surface area contributed by atoms with Gasteiger partial charge >= 0.3 is 12.3 Å². The normalized spacial score (nSPS) is 10.6. The molecule has 0 unspecified atom stereocenters. The third kappa shape index (κ3) is 4.17. The molecule has 6 heteroatoms. The molecule has 0 bridgehead atoms. The van der Waals surface area contributed by atoms with E-state index in [4.69, 9.17) is 18.9 Å². The van der Waals surface area contributed by atoms with Gasteiger partial charge in [0.2, 0.25) is 0 Å². The minimum absolute atomic E-state index is 0.277. The summed E-state index contributed by atoms with van der Waals surface area (Å²) >= 11 is 0. The fourth-order valence-corrected chi connectivity index (χ4v) is 2.86. The molecule has 0 radical (unpaired) electrons. The van der Waals surface area contributed by atoms with Crippen LogP contribution < -0.4 is 9.47 Å². The number of hydrogen-bond acceptors (Lipinski definition) is 6. The summed E-state index contributed by atoms with van der Waals surface area (Å²) in [6.07, 6.45) is -0.145. The summed E-state index contributed by atoms with van der Waals surface area (Å²) in [5.41, 5.74) is 0. The number of carbonyl (C=O) groups is 2. The summed E-state index contributed by atoms with van der Waals surface area (Å²) in [6, 6.07) is 14.5. The van der Waals surface area contributed by atoms with Gasteiger partial charge in [-0.1, -0.05) is 62.4 Å². The molecule has 3 rings (SSSR count). The third-order valence-corrected chi connectivity index (χ3v) is 4.05. The van der Waals surface area contributed by atoms with Gasteiger partial charge in [-0.3, -0.25) is 0 Å². The Balaban J connectivity index is 2.13. The van der Waals surface area contributed by atoms with Crippen molar-refractivity contribution < 1.29 is 28.5 Å². The van der Waals surface area contributed by atoms with E-state index in [-0.39, 0.29) is 13.2 Å². The third-order valence-electron chi connectivity index (χ3n) is 4.05. The van der Waals surface area contributed by atoms with Crippen molar-refractivity contribution in [2.45, 2.75) is 26.7 Å². The average Bonchev–Trinajstić information content (AvgIpc) is 2.73. The first kappa shape index (κ1) is 19.5. The van der Waals surface area contributed by atoms with Gasteiger partial charge in [0.25, 0.3) is 0 Å². The Morgan fingerprint density at radius 2 is 0.964 bits per heavy atom. The van der Waals surface area contributed by atoms with E-state index in [2.05, 4.69) is 0 Å². The first-order chi connectivity index (χ1) is 13.7. The standard InChI is InChI=1S/C22H22O6/c1-3-13-25-21(23)27-19-15-9-5-7-11-17(15)20(28-22(24)26-14-4-2)18-12-8-6-10-16(18)19/h5-12H,3-4,13-14H2,1-2H3. The summed E-state index contributed by atoms with van der Waals surface area (Å²) in [7, 11) is 0. The van der Waals surface area contributed by atoms with Gasteiger partial charge < -0.3 is 18.9 Å². The van der Waals surface area contributed by atoms with Crippen molar-refractivity contribution in [2.75, 3.05) is 13.2 Å². The van der Waals surface area contributed by atoms with Crippen molar-refractivity contribution in [1.82, 2.24) is 0 Å². The molecule has 0 saturated carbocycles. The van der Waals surface area contributed by atoms with Crippen LogP contribution in [0.25, 0.3) is 21.5 Å². The summed E-state index contributed by atoms with van der Waals surface area (Å²) in [5.74, 6) is 0.725. The maximum Gasteiger partial charge on any atom is 0.513 e. The van der Waals surface area contributed by atoms with Crippen molar-refractivity contribution in [2.24, 2.45) is 0 Å². The Bertz CT molecular complexity index is 858. The second-order valence-corrected chi connectivity index (χ2v) is 6.15. The monoisotopic (exact) mass is 382 g/mol. The van der Waals surface area contributed by atoms with E-state index in [0.717, 1.165) is 0 Å². The number of carbonyl (C=O) groups excluding carboxylic acids is 2. The maximum atomic E-state index is 12.1. The van der Waals surface area contributed by atoms with E-state index in [1.807, 2.05) is 38.1 Å². The molecule has 146 valence electrons. The second-order valence-electron chi connectivity index (χ2n) is 6.15. The van der Waals surface area contributed by atoms with Gasteiger partial charge in [0.05, 0.1) is 13.2 Å². The summed E-state index contributed by atoms with van der Waals surface area (Å²) in [5, 5.41) is 2.53. The highest BCUT2D eigenvalue weighted by Crippen LogP contribution is 2.42. The number of fused-ring (bicyclic) bond motifs is 2. The van der Waals surface area contributed by atoms with Crippen molar-refractivity contribution in [3.8, 4) is 11.5 Å². The number of hydrogen-bond donors (Lipinski definition) is 0. The lowest BCUT2D eigenvalue weighted by Crippen LogP contribution is -2.13. The summed E-state index contributed by atoms with van der Waals surface area (Å²) in [6.45, 7) is 4.36. The lowest BCUT2D eigenvalue weighted by molar-refractivity contribution is 0.0984. The fourth-order valence-electron chi connectivity index (χ4n) is 2.86. The van der Waals surface area contributed by atoms with Crippen LogP contribution in [0.3, 0.4) is 0 Å². The van der Waals surface area contributed by atoms with E-state index in [9.17, 15) is 9.59 Å². The first-order valence-corrected chi connectivity index (χ1v) is 9.28. The minimum atomic E-state index is -0.770. The van der Waals surface area contributed by atoms with Crippen molar-refractivity contribution in [3.63, 3.8) is 0 Å². The van der Waals surface area contributed by atoms with Crippen LogP contribution in [-0.4, -0.2) is 25.5 Å². The molecule has 3 aromatic rings. The summed E-state index contributed by atoms with van der Waals surface area (Å²) in [4.78, 5) is 24.2. The van der Waals surface area contributed by atoms with Crippen LogP contribution in [0.2, 0.25) is 0 Å². The largest absolute Gasteiger partial charge is 0.513 e. The van der Waals surface area contributed by atoms with Crippen molar-refractivity contribution in [3.05, 3.63) is 48.5 Å². The van der Waals surface area contributed by atoms with E-state index in [0.29, 0.717) is 45.9 Å². The van der Waals surface area contributed by atoms with Gasteiger partial charge in [0, 0.05) is 21.5 Å². The van der Waals surface area contributed by atoms with E-state index in [1.54, 1.807) is 24.3 Å². The maximum absolute atomic E-state index is 12.1. The first-order valence-electron chi connectivity index (χ1n) is 9.28. The number of benzene rings is 3. The van der Waals surface area contributed by atoms with Gasteiger partial charge in [-0.05, 0) is 12.8 Å². The van der Waals surface area contributed by atoms with Crippen molar-refractivity contribution in [1.29, 1.82) is 0 Å². The van der Waals surface area contributed by atoms with Gasteiger partial charge in [-0.25, -0.2) is 9.59 Å². The van der Waals surface area contributed by atoms with E-state index >= 15 is 0 Å². The molecular formula is C22H22O6. The molecule has 0 aliphatic rings. The van der Waals surface area contributed by atoms with Crippen LogP contribution in [0.15, 0.2) is 48.5 Å². The van der Waals surface area contributed by atoms with E-state index in [1.165, 1.54) is 0 Å². The lowest BCUT2D eigenvalue weighted by Gasteiger charge is -2.16. The molecule has 0 spiro atoms.